The summed E-state index contributed by atoms with van der Waals surface area (Å²) in [5.74, 6) is 0.132. The van der Waals surface area contributed by atoms with E-state index in [0.717, 1.165) is 29.0 Å². The molecule has 0 unspecified atom stereocenters. The van der Waals surface area contributed by atoms with E-state index >= 15 is 0 Å². The Hall–Kier alpha value is -4.03. The molecule has 4 aromatic carbocycles. The molecule has 0 radical (unpaired) electrons. The Balaban J connectivity index is 1.63. The van der Waals surface area contributed by atoms with Crippen LogP contribution in [0, 0.1) is 0 Å². The van der Waals surface area contributed by atoms with Gasteiger partial charge in [-0.2, -0.15) is 16.8 Å². The van der Waals surface area contributed by atoms with Gasteiger partial charge in [-0.15, -0.1) is 0 Å². The first-order valence-corrected chi connectivity index (χ1v) is 17.4. The Labute approximate surface area is 270 Å². The van der Waals surface area contributed by atoms with Gasteiger partial charge in [-0.05, 0) is 84.5 Å². The Morgan fingerprint density at radius 3 is 1.57 bits per heavy atom. The fourth-order valence-corrected chi connectivity index (χ4v) is 6.62. The lowest BCUT2D eigenvalue weighted by Gasteiger charge is -2.26. The highest BCUT2D eigenvalue weighted by molar-refractivity contribution is 7.86. The summed E-state index contributed by atoms with van der Waals surface area (Å²) in [5, 5.41) is 0. The first kappa shape index (κ1) is 34.8. The molecule has 11 heteroatoms. The lowest BCUT2D eigenvalue weighted by atomic mass is 9.78. The van der Waals surface area contributed by atoms with Crippen molar-refractivity contribution in [3.8, 4) is 17.2 Å². The SMILES string of the molecule is CC(C)Oc1ccc(C(C)(C)c2ccc(Oc3ccc(C(=O)c4ccc(C(C)(C)C)c(S(=O)(=O)O)c4)cc3S(=O)(=O)O)cc2)cc1. The summed E-state index contributed by atoms with van der Waals surface area (Å²) in [4.78, 5) is 12.3. The summed E-state index contributed by atoms with van der Waals surface area (Å²) < 4.78 is 80.4. The first-order chi connectivity index (χ1) is 21.2. The van der Waals surface area contributed by atoms with Gasteiger partial charge in [0.2, 0.25) is 0 Å². The fourth-order valence-electron chi connectivity index (χ4n) is 5.05. The van der Waals surface area contributed by atoms with Crippen LogP contribution in [-0.4, -0.2) is 37.8 Å². The van der Waals surface area contributed by atoms with Gasteiger partial charge in [0.25, 0.3) is 20.2 Å². The number of hydrogen-bond acceptors (Lipinski definition) is 7. The highest BCUT2D eigenvalue weighted by Crippen LogP contribution is 2.36. The van der Waals surface area contributed by atoms with Gasteiger partial charge in [0, 0.05) is 16.5 Å². The molecule has 4 rings (SSSR count). The minimum absolute atomic E-state index is 0.0661. The van der Waals surface area contributed by atoms with E-state index in [0.29, 0.717) is 11.3 Å². The maximum Gasteiger partial charge on any atom is 0.298 e. The number of ether oxygens (including phenoxy) is 2. The minimum atomic E-state index is -4.85. The molecule has 0 aliphatic carbocycles. The number of carbonyl (C=O) groups excluding carboxylic acids is 1. The van der Waals surface area contributed by atoms with Crippen molar-refractivity contribution in [1.29, 1.82) is 0 Å². The Morgan fingerprint density at radius 2 is 1.11 bits per heavy atom. The van der Waals surface area contributed by atoms with Crippen LogP contribution < -0.4 is 9.47 Å². The van der Waals surface area contributed by atoms with Crippen molar-refractivity contribution in [2.45, 2.75) is 75.2 Å². The van der Waals surface area contributed by atoms with E-state index in [1.807, 2.05) is 50.2 Å². The second-order valence-electron chi connectivity index (χ2n) is 12.8. The van der Waals surface area contributed by atoms with E-state index in [9.17, 15) is 30.7 Å². The van der Waals surface area contributed by atoms with E-state index in [4.69, 9.17) is 9.47 Å². The van der Waals surface area contributed by atoms with Crippen LogP contribution >= 0.6 is 0 Å². The van der Waals surface area contributed by atoms with Crippen LogP contribution in [0.5, 0.6) is 17.2 Å². The molecule has 9 nitrogen and oxygen atoms in total. The van der Waals surface area contributed by atoms with Crippen LogP contribution in [-0.2, 0) is 31.1 Å². The Kier molecular flexibility index (Phi) is 9.57. The van der Waals surface area contributed by atoms with Crippen molar-refractivity contribution in [3.05, 3.63) is 113 Å². The van der Waals surface area contributed by atoms with E-state index < -0.39 is 41.2 Å². The van der Waals surface area contributed by atoms with Gasteiger partial charge in [-0.3, -0.25) is 13.9 Å². The maximum absolute atomic E-state index is 13.3. The Bertz CT molecular complexity index is 1970. The minimum Gasteiger partial charge on any atom is -0.491 e. The summed E-state index contributed by atoms with van der Waals surface area (Å²) in [5.41, 5.74) is 1.04. The normalized spacial score (nSPS) is 12.7. The van der Waals surface area contributed by atoms with Crippen LogP contribution in [0.3, 0.4) is 0 Å². The molecule has 0 heterocycles. The lowest BCUT2D eigenvalue weighted by Crippen LogP contribution is -2.18. The number of carbonyl (C=O) groups is 1. The predicted molar refractivity (Wildman–Crippen MR) is 175 cm³/mol. The molecular weight excluding hydrogens is 629 g/mol. The molecule has 0 saturated carbocycles. The van der Waals surface area contributed by atoms with Gasteiger partial charge in [-0.1, -0.05) is 71.0 Å². The third-order valence-corrected chi connectivity index (χ3v) is 9.33. The lowest BCUT2D eigenvalue weighted by molar-refractivity contribution is 0.103. The fraction of sp³-hybridized carbons (Fsp3) is 0.286. The van der Waals surface area contributed by atoms with Crippen molar-refractivity contribution in [2.24, 2.45) is 0 Å². The smallest absolute Gasteiger partial charge is 0.298 e. The van der Waals surface area contributed by atoms with Crippen molar-refractivity contribution in [2.75, 3.05) is 0 Å². The van der Waals surface area contributed by atoms with Gasteiger partial charge in [0.05, 0.1) is 11.0 Å². The topological polar surface area (TPSA) is 144 Å². The van der Waals surface area contributed by atoms with E-state index in [-0.39, 0.29) is 28.4 Å². The molecule has 0 aliphatic rings. The molecule has 0 bridgehead atoms. The molecule has 244 valence electrons. The molecule has 0 aliphatic heterocycles. The molecular formula is C35H38O9S2. The van der Waals surface area contributed by atoms with Gasteiger partial charge < -0.3 is 9.47 Å². The number of rotatable bonds is 10. The van der Waals surface area contributed by atoms with Gasteiger partial charge in [0.1, 0.15) is 22.1 Å². The molecule has 0 atom stereocenters. The predicted octanol–water partition coefficient (Wildman–Crippen LogP) is 7.61. The third-order valence-electron chi connectivity index (χ3n) is 7.57. The Morgan fingerprint density at radius 1 is 0.652 bits per heavy atom. The van der Waals surface area contributed by atoms with E-state index in [1.165, 1.54) is 24.3 Å². The highest BCUT2D eigenvalue weighted by Gasteiger charge is 2.28. The summed E-state index contributed by atoms with van der Waals surface area (Å²) in [6, 6.07) is 22.3. The zero-order valence-corrected chi connectivity index (χ0v) is 28.4. The van der Waals surface area contributed by atoms with Gasteiger partial charge >= 0.3 is 0 Å². The van der Waals surface area contributed by atoms with E-state index in [2.05, 4.69) is 13.8 Å². The van der Waals surface area contributed by atoms with Gasteiger partial charge in [-0.25, -0.2) is 0 Å². The first-order valence-electron chi connectivity index (χ1n) is 14.5. The van der Waals surface area contributed by atoms with Crippen LogP contribution in [0.2, 0.25) is 0 Å². The molecule has 46 heavy (non-hydrogen) atoms. The zero-order chi connectivity index (χ0) is 34.2. The summed E-state index contributed by atoms with van der Waals surface area (Å²) in [6.45, 7) is 13.3. The molecule has 0 fully saturated rings. The van der Waals surface area contributed by atoms with Crippen molar-refractivity contribution in [1.82, 2.24) is 0 Å². The summed E-state index contributed by atoms with van der Waals surface area (Å²) in [6.07, 6.45) is 0.0661. The average molecular weight is 667 g/mol. The van der Waals surface area contributed by atoms with Crippen molar-refractivity contribution < 1.29 is 40.2 Å². The second kappa shape index (κ2) is 12.6. The standard InChI is InChI=1S/C35H38O9S2/c1-22(2)43-27-14-10-25(11-15-27)35(6,7)26-12-16-28(17-13-26)44-30-19-9-24(21-32(30)46(40,41)42)33(36)23-8-18-29(34(3,4)5)31(20-23)45(37,38)39/h8-22H,1-7H3,(H,37,38,39)(H,40,41,42). The van der Waals surface area contributed by atoms with Crippen LogP contribution in [0.1, 0.15) is 81.1 Å². The van der Waals surface area contributed by atoms with Crippen molar-refractivity contribution in [3.63, 3.8) is 0 Å². The van der Waals surface area contributed by atoms with Crippen LogP contribution in [0.4, 0.5) is 0 Å². The molecule has 0 spiro atoms. The molecule has 4 aromatic rings. The third kappa shape index (κ3) is 7.84. The van der Waals surface area contributed by atoms with Crippen LogP contribution in [0.25, 0.3) is 0 Å². The summed E-state index contributed by atoms with van der Waals surface area (Å²) in [7, 11) is -9.53. The average Bonchev–Trinajstić information content (AvgIpc) is 2.95. The molecule has 2 N–H and O–H groups in total. The van der Waals surface area contributed by atoms with Crippen LogP contribution in [0.15, 0.2) is 94.7 Å². The molecule has 0 amide bonds. The maximum atomic E-state index is 13.3. The van der Waals surface area contributed by atoms with E-state index in [1.54, 1.807) is 32.9 Å². The monoisotopic (exact) mass is 666 g/mol. The highest BCUT2D eigenvalue weighted by atomic mass is 32.2. The van der Waals surface area contributed by atoms with Gasteiger partial charge in [0.15, 0.2) is 5.78 Å². The molecule has 0 aromatic heterocycles. The van der Waals surface area contributed by atoms with Crippen molar-refractivity contribution >= 4 is 26.0 Å². The zero-order valence-electron chi connectivity index (χ0n) is 26.7. The summed E-state index contributed by atoms with van der Waals surface area (Å²) >= 11 is 0. The largest absolute Gasteiger partial charge is 0.491 e. The number of hydrogen-bond donors (Lipinski definition) is 2. The second-order valence-corrected chi connectivity index (χ2v) is 15.6. The quantitative estimate of drug-likeness (QED) is 0.129. The molecule has 0 saturated heterocycles. The number of ketones is 1. The number of benzene rings is 4.